The Morgan fingerprint density at radius 1 is 1.20 bits per heavy atom. The van der Waals surface area contributed by atoms with Crippen molar-refractivity contribution < 1.29 is 9.59 Å². The molecule has 1 atom stereocenters. The number of nitriles is 2. The van der Waals surface area contributed by atoms with E-state index in [2.05, 4.69) is 0 Å². The Bertz CT molecular complexity index is 561. The van der Waals surface area contributed by atoms with Crippen molar-refractivity contribution in [3.8, 4) is 12.1 Å². The van der Waals surface area contributed by atoms with E-state index in [1.165, 1.54) is 18.2 Å². The number of hydrogen-bond acceptors (Lipinski definition) is 4. The highest BCUT2D eigenvalue weighted by atomic mass is 16.2. The van der Waals surface area contributed by atoms with Crippen LogP contribution in [0.2, 0.25) is 0 Å². The number of hydrogen-bond donors (Lipinski definition) is 0. The molecule has 0 N–H and O–H groups in total. The minimum absolute atomic E-state index is 0.186. The van der Waals surface area contributed by atoms with Gasteiger partial charge >= 0.3 is 0 Å². The van der Waals surface area contributed by atoms with Crippen LogP contribution in [0.25, 0.3) is 0 Å². The predicted molar refractivity (Wildman–Crippen MR) is 48.8 cm³/mol. The van der Waals surface area contributed by atoms with Crippen molar-refractivity contribution in [1.82, 2.24) is 0 Å². The van der Waals surface area contributed by atoms with E-state index in [4.69, 9.17) is 10.5 Å². The van der Waals surface area contributed by atoms with E-state index < -0.39 is 17.5 Å². The molecule has 0 aliphatic heterocycles. The van der Waals surface area contributed by atoms with Gasteiger partial charge in [0.05, 0.1) is 17.7 Å². The van der Waals surface area contributed by atoms with E-state index in [1.807, 2.05) is 6.07 Å². The van der Waals surface area contributed by atoms with Crippen LogP contribution in [0.3, 0.4) is 0 Å². The van der Waals surface area contributed by atoms with Crippen molar-refractivity contribution in [2.75, 3.05) is 0 Å². The van der Waals surface area contributed by atoms with Gasteiger partial charge < -0.3 is 0 Å². The first-order valence-electron chi connectivity index (χ1n) is 4.22. The zero-order chi connectivity index (χ0) is 11.0. The fraction of sp³-hybridized carbons (Fsp3) is 0.0909. The molecular formula is C11H4N2O2. The van der Waals surface area contributed by atoms with E-state index >= 15 is 0 Å². The lowest BCUT2D eigenvalue weighted by molar-refractivity contribution is -0.114. The van der Waals surface area contributed by atoms with Crippen molar-refractivity contribution in [3.05, 3.63) is 34.9 Å². The van der Waals surface area contributed by atoms with Gasteiger partial charge in [-0.2, -0.15) is 10.5 Å². The highest BCUT2D eigenvalue weighted by Gasteiger charge is 2.40. The van der Waals surface area contributed by atoms with Gasteiger partial charge in [0.1, 0.15) is 5.92 Å². The van der Waals surface area contributed by atoms with E-state index in [0.29, 0.717) is 0 Å². The number of benzene rings is 1. The summed E-state index contributed by atoms with van der Waals surface area (Å²) in [7, 11) is 0. The first-order chi connectivity index (χ1) is 7.20. The molecule has 1 aromatic rings. The lowest BCUT2D eigenvalue weighted by Gasteiger charge is -2.00. The molecule has 1 aliphatic carbocycles. The highest BCUT2D eigenvalue weighted by Crippen LogP contribution is 2.32. The van der Waals surface area contributed by atoms with Crippen molar-refractivity contribution in [2.45, 2.75) is 5.92 Å². The van der Waals surface area contributed by atoms with Gasteiger partial charge in [-0.25, -0.2) is 0 Å². The van der Waals surface area contributed by atoms with Crippen LogP contribution in [0, 0.1) is 22.7 Å². The Labute approximate surface area is 85.4 Å². The molecule has 0 aromatic heterocycles. The van der Waals surface area contributed by atoms with Gasteiger partial charge in [-0.15, -0.1) is 0 Å². The third-order valence-corrected chi connectivity index (χ3v) is 2.37. The molecule has 4 nitrogen and oxygen atoms in total. The number of carbonyl (C=O) groups excluding carboxylic acids is 2. The monoisotopic (exact) mass is 196 g/mol. The number of fused-ring (bicyclic) bond motifs is 1. The fourth-order valence-electron chi connectivity index (χ4n) is 1.69. The third-order valence-electron chi connectivity index (χ3n) is 2.37. The maximum Gasteiger partial charge on any atom is 0.230 e. The summed E-state index contributed by atoms with van der Waals surface area (Å²) in [5, 5.41) is 17.6. The van der Waals surface area contributed by atoms with Crippen LogP contribution in [0.4, 0.5) is 0 Å². The van der Waals surface area contributed by atoms with Gasteiger partial charge in [0.2, 0.25) is 11.6 Å². The summed E-state index contributed by atoms with van der Waals surface area (Å²) in [5.41, 5.74) is 0.668. The molecule has 1 unspecified atom stereocenters. The largest absolute Gasteiger partial charge is 0.289 e. The summed E-state index contributed by atoms with van der Waals surface area (Å²) in [6, 6.07) is 8.12. The molecule has 1 aromatic carbocycles. The van der Waals surface area contributed by atoms with Crippen LogP contribution >= 0.6 is 0 Å². The molecule has 0 spiro atoms. The van der Waals surface area contributed by atoms with Gasteiger partial charge in [0, 0.05) is 11.1 Å². The molecule has 0 saturated heterocycles. The third kappa shape index (κ3) is 1.06. The van der Waals surface area contributed by atoms with Crippen LogP contribution < -0.4 is 0 Å². The summed E-state index contributed by atoms with van der Waals surface area (Å²) in [6.07, 6.45) is 0. The minimum atomic E-state index is -1.11. The molecule has 0 saturated carbocycles. The first-order valence-corrected chi connectivity index (χ1v) is 4.22. The van der Waals surface area contributed by atoms with E-state index in [9.17, 15) is 9.59 Å². The zero-order valence-corrected chi connectivity index (χ0v) is 7.52. The Morgan fingerprint density at radius 2 is 1.93 bits per heavy atom. The van der Waals surface area contributed by atoms with Gasteiger partial charge in [0.25, 0.3) is 0 Å². The Balaban J connectivity index is 2.79. The second-order valence-corrected chi connectivity index (χ2v) is 3.13. The number of ketones is 2. The van der Waals surface area contributed by atoms with Crippen molar-refractivity contribution in [2.24, 2.45) is 0 Å². The van der Waals surface area contributed by atoms with Crippen molar-refractivity contribution in [3.63, 3.8) is 0 Å². The SMILES string of the molecule is N#Cc1cccc2c1C(C#N)C(=O)C2=O. The minimum Gasteiger partial charge on any atom is -0.289 e. The summed E-state index contributed by atoms with van der Waals surface area (Å²) in [4.78, 5) is 22.8. The lowest BCUT2D eigenvalue weighted by atomic mass is 9.97. The smallest absolute Gasteiger partial charge is 0.230 e. The maximum atomic E-state index is 11.4. The summed E-state index contributed by atoms with van der Waals surface area (Å²) < 4.78 is 0. The highest BCUT2D eigenvalue weighted by molar-refractivity contribution is 6.49. The average molecular weight is 196 g/mol. The molecule has 15 heavy (non-hydrogen) atoms. The van der Waals surface area contributed by atoms with Crippen molar-refractivity contribution in [1.29, 1.82) is 10.5 Å². The Kier molecular flexibility index (Phi) is 1.85. The summed E-state index contributed by atoms with van der Waals surface area (Å²) in [5.74, 6) is -2.52. The van der Waals surface area contributed by atoms with Crippen LogP contribution in [0.15, 0.2) is 18.2 Å². The van der Waals surface area contributed by atoms with Gasteiger partial charge in [-0.1, -0.05) is 12.1 Å². The van der Waals surface area contributed by atoms with Gasteiger partial charge in [-0.3, -0.25) is 9.59 Å². The van der Waals surface area contributed by atoms with Crippen LogP contribution in [-0.4, -0.2) is 11.6 Å². The van der Waals surface area contributed by atoms with Crippen LogP contribution in [0.1, 0.15) is 27.4 Å². The molecule has 0 amide bonds. The number of rotatable bonds is 0. The molecule has 0 fully saturated rings. The standard InChI is InChI=1S/C11H4N2O2/c12-4-6-2-1-3-7-9(6)8(5-13)11(15)10(7)14/h1-3,8H. The molecule has 0 radical (unpaired) electrons. The summed E-state index contributed by atoms with van der Waals surface area (Å²) in [6.45, 7) is 0. The van der Waals surface area contributed by atoms with Gasteiger partial charge in [0.15, 0.2) is 0 Å². The molecular weight excluding hydrogens is 192 g/mol. The second-order valence-electron chi connectivity index (χ2n) is 3.13. The van der Waals surface area contributed by atoms with E-state index in [0.717, 1.165) is 0 Å². The number of nitrogens with zero attached hydrogens (tertiary/aromatic N) is 2. The number of Topliss-reactive ketones (excluding diaryl/α,β-unsaturated/α-hetero) is 2. The maximum absolute atomic E-state index is 11.4. The predicted octanol–water partition coefficient (Wildman–Crippen LogP) is 0.931. The fourth-order valence-corrected chi connectivity index (χ4v) is 1.69. The molecule has 70 valence electrons. The molecule has 0 heterocycles. The first kappa shape index (κ1) is 9.11. The lowest BCUT2D eigenvalue weighted by Crippen LogP contribution is -2.10. The average Bonchev–Trinajstić information content (AvgIpc) is 2.52. The zero-order valence-electron chi connectivity index (χ0n) is 7.52. The quantitative estimate of drug-likeness (QED) is 0.578. The molecule has 0 bridgehead atoms. The summed E-state index contributed by atoms with van der Waals surface area (Å²) >= 11 is 0. The second kappa shape index (κ2) is 3.04. The number of carbonyl (C=O) groups is 2. The Hall–Kier alpha value is -2.46. The molecule has 4 heteroatoms. The van der Waals surface area contributed by atoms with Crippen LogP contribution in [-0.2, 0) is 4.79 Å². The molecule has 2 rings (SSSR count). The topological polar surface area (TPSA) is 81.7 Å². The van der Waals surface area contributed by atoms with Crippen LogP contribution in [0.5, 0.6) is 0 Å². The normalized spacial score (nSPS) is 18.1. The van der Waals surface area contributed by atoms with Gasteiger partial charge in [-0.05, 0) is 6.07 Å². The molecule has 1 aliphatic rings. The van der Waals surface area contributed by atoms with E-state index in [1.54, 1.807) is 6.07 Å². The Morgan fingerprint density at radius 3 is 2.53 bits per heavy atom. The van der Waals surface area contributed by atoms with Crippen molar-refractivity contribution >= 4 is 11.6 Å². The van der Waals surface area contributed by atoms with E-state index in [-0.39, 0.29) is 16.7 Å².